The first-order valence-corrected chi connectivity index (χ1v) is 9.11. The molecule has 1 aliphatic heterocycles. The van der Waals surface area contributed by atoms with Crippen LogP contribution in [-0.4, -0.2) is 12.2 Å². The predicted octanol–water partition coefficient (Wildman–Crippen LogP) is 5.12. The minimum Gasteiger partial charge on any atom is -0.363 e. The maximum absolute atomic E-state index is 6.44. The quantitative estimate of drug-likeness (QED) is 0.376. The average Bonchev–Trinajstić information content (AvgIpc) is 2.80. The summed E-state index contributed by atoms with van der Waals surface area (Å²) in [6.45, 7) is 2.16. The van der Waals surface area contributed by atoms with Gasteiger partial charge in [0.15, 0.2) is 0 Å². The number of nitrogens with zero attached hydrogens (tertiary/aromatic N) is 1. The summed E-state index contributed by atoms with van der Waals surface area (Å²) in [5.74, 6) is 0.862. The van der Waals surface area contributed by atoms with E-state index in [0.29, 0.717) is 11.8 Å². The van der Waals surface area contributed by atoms with Crippen molar-refractivity contribution in [3.8, 4) is 0 Å². The Bertz CT molecular complexity index is 718. The van der Waals surface area contributed by atoms with Gasteiger partial charge in [0.2, 0.25) is 0 Å². The third-order valence-corrected chi connectivity index (χ3v) is 5.97. The maximum Gasteiger partial charge on any atom is 0.106 e. The lowest BCUT2D eigenvalue weighted by Crippen LogP contribution is -2.27. The Balaban J connectivity index is 1.69. The van der Waals surface area contributed by atoms with Crippen LogP contribution in [0.4, 0.5) is 5.69 Å². The van der Waals surface area contributed by atoms with Crippen LogP contribution >= 0.6 is 22.9 Å². The number of ether oxygens (including phenoxy) is 1. The number of hydrogen-bond acceptors (Lipinski definition) is 2. The van der Waals surface area contributed by atoms with Crippen molar-refractivity contribution < 1.29 is 4.74 Å². The molecule has 1 heterocycles. The summed E-state index contributed by atoms with van der Waals surface area (Å²) in [4.78, 5) is 0. The van der Waals surface area contributed by atoms with E-state index in [0.717, 1.165) is 6.42 Å². The van der Waals surface area contributed by atoms with E-state index < -0.39 is 0 Å². The lowest BCUT2D eigenvalue weighted by atomic mass is 9.84. The van der Waals surface area contributed by atoms with Crippen LogP contribution in [0.5, 0.6) is 0 Å². The van der Waals surface area contributed by atoms with Gasteiger partial charge in [-0.2, -0.15) is 0 Å². The van der Waals surface area contributed by atoms with Gasteiger partial charge in [-0.25, -0.2) is 0 Å². The van der Waals surface area contributed by atoms with E-state index in [4.69, 9.17) is 4.74 Å². The molecule has 3 unspecified atom stereocenters. The Kier molecular flexibility index (Phi) is 4.16. The number of para-hydroxylation sites is 1. The number of benzene rings is 1. The summed E-state index contributed by atoms with van der Waals surface area (Å²) >= 11 is 2.42. The molecule has 0 spiro atoms. The molecule has 3 heteroatoms. The van der Waals surface area contributed by atoms with Gasteiger partial charge in [0.1, 0.15) is 6.10 Å². The molecule has 1 saturated heterocycles. The second kappa shape index (κ2) is 6.29. The number of hydrogen-bond donors (Lipinski definition) is 0. The molecular formula is C20H20INO. The molecule has 1 fully saturated rings. The minimum absolute atomic E-state index is 0.118. The molecule has 0 bridgehead atoms. The molecule has 1 aromatic carbocycles. The Hall–Kier alpha value is -1.33. The summed E-state index contributed by atoms with van der Waals surface area (Å²) in [5.41, 5.74) is 3.79. The van der Waals surface area contributed by atoms with E-state index in [1.54, 1.807) is 0 Å². The molecule has 23 heavy (non-hydrogen) atoms. The molecule has 2 nitrogen and oxygen atoms in total. The van der Waals surface area contributed by atoms with E-state index >= 15 is 0 Å². The van der Waals surface area contributed by atoms with Crippen LogP contribution in [0.3, 0.4) is 0 Å². The molecule has 4 rings (SSSR count). The Morgan fingerprint density at radius 3 is 2.78 bits per heavy atom. The number of anilines is 1. The molecule has 4 atom stereocenters. The van der Waals surface area contributed by atoms with Crippen molar-refractivity contribution in [2.75, 3.05) is 3.11 Å². The Labute approximate surface area is 151 Å². The second-order valence-electron chi connectivity index (χ2n) is 6.31. The zero-order valence-corrected chi connectivity index (χ0v) is 15.3. The van der Waals surface area contributed by atoms with E-state index in [1.807, 2.05) is 0 Å². The van der Waals surface area contributed by atoms with Gasteiger partial charge in [0, 0.05) is 11.8 Å². The summed E-state index contributed by atoms with van der Waals surface area (Å²) in [5, 5.41) is 0. The molecule has 0 radical (unpaired) electrons. The maximum atomic E-state index is 6.44. The Morgan fingerprint density at radius 1 is 1.09 bits per heavy atom. The van der Waals surface area contributed by atoms with Crippen molar-refractivity contribution in [2.24, 2.45) is 11.8 Å². The molecule has 2 aliphatic carbocycles. The molecule has 0 amide bonds. The number of aryl methyl sites for hydroxylation is 1. The fraction of sp³-hybridized carbons (Fsp3) is 0.300. The highest BCUT2D eigenvalue weighted by atomic mass is 127. The summed E-state index contributed by atoms with van der Waals surface area (Å²) in [7, 11) is 0. The van der Waals surface area contributed by atoms with Crippen molar-refractivity contribution in [2.45, 2.75) is 25.6 Å². The zero-order chi connectivity index (χ0) is 15.8. The molecule has 118 valence electrons. The van der Waals surface area contributed by atoms with Crippen LogP contribution in [0.2, 0.25) is 0 Å². The fourth-order valence-corrected chi connectivity index (χ4v) is 4.71. The van der Waals surface area contributed by atoms with Crippen LogP contribution in [0.15, 0.2) is 72.5 Å². The monoisotopic (exact) mass is 417 g/mol. The molecular weight excluding hydrogens is 397 g/mol. The van der Waals surface area contributed by atoms with Gasteiger partial charge >= 0.3 is 0 Å². The average molecular weight is 417 g/mol. The van der Waals surface area contributed by atoms with Crippen molar-refractivity contribution in [3.05, 3.63) is 78.1 Å². The van der Waals surface area contributed by atoms with E-state index in [2.05, 4.69) is 99.7 Å². The molecule has 0 N–H and O–H groups in total. The van der Waals surface area contributed by atoms with Crippen molar-refractivity contribution in [1.82, 2.24) is 0 Å². The van der Waals surface area contributed by atoms with E-state index in [9.17, 15) is 0 Å². The third-order valence-electron chi connectivity index (χ3n) is 4.89. The highest BCUT2D eigenvalue weighted by molar-refractivity contribution is 14.1. The SMILES string of the molecule is Cc1ccccc1N(I)C1=CCC=CC2C1OC1C=CC=C[C@H]12. The summed E-state index contributed by atoms with van der Waals surface area (Å²) in [6, 6.07) is 8.53. The van der Waals surface area contributed by atoms with Crippen LogP contribution in [0.25, 0.3) is 0 Å². The zero-order valence-electron chi connectivity index (χ0n) is 13.1. The summed E-state index contributed by atoms with van der Waals surface area (Å²) < 4.78 is 8.72. The van der Waals surface area contributed by atoms with Crippen molar-refractivity contribution in [1.29, 1.82) is 0 Å². The van der Waals surface area contributed by atoms with Crippen LogP contribution in [-0.2, 0) is 4.74 Å². The first-order valence-electron chi connectivity index (χ1n) is 8.14. The molecule has 0 aromatic heterocycles. The van der Waals surface area contributed by atoms with E-state index in [-0.39, 0.29) is 12.2 Å². The number of allylic oxidation sites excluding steroid dienone is 4. The van der Waals surface area contributed by atoms with Crippen molar-refractivity contribution >= 4 is 28.6 Å². The minimum atomic E-state index is 0.118. The third kappa shape index (κ3) is 2.70. The lowest BCUT2D eigenvalue weighted by molar-refractivity contribution is 0.0818. The smallest absolute Gasteiger partial charge is 0.106 e. The highest BCUT2D eigenvalue weighted by Gasteiger charge is 2.44. The van der Waals surface area contributed by atoms with Crippen LogP contribution in [0.1, 0.15) is 12.0 Å². The van der Waals surface area contributed by atoms with E-state index in [1.165, 1.54) is 16.9 Å². The number of fused-ring (bicyclic) bond motifs is 3. The second-order valence-corrected chi connectivity index (χ2v) is 7.27. The first-order chi connectivity index (χ1) is 11.3. The highest BCUT2D eigenvalue weighted by Crippen LogP contribution is 2.44. The normalized spacial score (nSPS) is 31.3. The van der Waals surface area contributed by atoms with Crippen molar-refractivity contribution in [3.63, 3.8) is 0 Å². The van der Waals surface area contributed by atoms with Gasteiger partial charge in [0.05, 0.1) is 40.4 Å². The number of halogens is 1. The van der Waals surface area contributed by atoms with Gasteiger partial charge in [-0.3, -0.25) is 3.11 Å². The lowest BCUT2D eigenvalue weighted by Gasteiger charge is -2.28. The molecule has 0 saturated carbocycles. The van der Waals surface area contributed by atoms with Crippen LogP contribution < -0.4 is 3.11 Å². The topological polar surface area (TPSA) is 12.5 Å². The Morgan fingerprint density at radius 2 is 1.91 bits per heavy atom. The first kappa shape index (κ1) is 15.2. The molecule has 1 aromatic rings. The van der Waals surface area contributed by atoms with Gasteiger partial charge in [0.25, 0.3) is 0 Å². The van der Waals surface area contributed by atoms with Gasteiger partial charge in [-0.1, -0.05) is 60.7 Å². The largest absolute Gasteiger partial charge is 0.363 e. The number of rotatable bonds is 2. The molecule has 3 aliphatic rings. The van der Waals surface area contributed by atoms with Gasteiger partial charge in [-0.15, -0.1) is 0 Å². The van der Waals surface area contributed by atoms with Crippen LogP contribution in [0, 0.1) is 18.8 Å². The van der Waals surface area contributed by atoms with Gasteiger partial charge in [-0.05, 0) is 25.0 Å². The summed E-state index contributed by atoms with van der Waals surface area (Å²) in [6.07, 6.45) is 17.0. The van der Waals surface area contributed by atoms with Gasteiger partial charge < -0.3 is 4.74 Å². The fourth-order valence-electron chi connectivity index (χ4n) is 3.70. The predicted molar refractivity (Wildman–Crippen MR) is 103 cm³/mol. The standard InChI is InChI=1S/C20H20INO/c1-14-8-2-5-11-17(14)22(21)18-12-6-3-10-16-15-9-4-7-13-19(15)23-20(16)18/h2-5,7-13,15-16,19-20H,6H2,1H3/t15-,16?,19?,20?/m0/s1.